The second kappa shape index (κ2) is 4.46. The maximum atomic E-state index is 12.1. The summed E-state index contributed by atoms with van der Waals surface area (Å²) in [6, 6.07) is 5.18. The first kappa shape index (κ1) is 12.1. The van der Waals surface area contributed by atoms with Crippen molar-refractivity contribution < 1.29 is 0 Å². The van der Waals surface area contributed by atoms with Crippen molar-refractivity contribution in [3.05, 3.63) is 43.5 Å². The third-order valence-electron chi connectivity index (χ3n) is 2.70. The zero-order valence-corrected chi connectivity index (χ0v) is 11.0. The van der Waals surface area contributed by atoms with Gasteiger partial charge >= 0.3 is 5.69 Å². The molecule has 1 aromatic carbocycles. The summed E-state index contributed by atoms with van der Waals surface area (Å²) in [5.74, 6) is 0. The van der Waals surface area contributed by atoms with Crippen molar-refractivity contribution >= 4 is 26.8 Å². The van der Waals surface area contributed by atoms with Crippen molar-refractivity contribution in [2.75, 3.05) is 7.05 Å². The molecule has 0 saturated heterocycles. The van der Waals surface area contributed by atoms with Crippen LogP contribution in [0.4, 0.5) is 0 Å². The average Bonchev–Trinajstić information content (AvgIpc) is 2.28. The second-order valence-corrected chi connectivity index (χ2v) is 4.68. The highest BCUT2D eigenvalue weighted by atomic mass is 79.9. The van der Waals surface area contributed by atoms with Gasteiger partial charge in [-0.25, -0.2) is 9.36 Å². The number of rotatable bonds is 2. The Kier molecular flexibility index (Phi) is 3.17. The molecule has 2 rings (SSSR count). The van der Waals surface area contributed by atoms with E-state index in [0.29, 0.717) is 10.9 Å². The summed E-state index contributed by atoms with van der Waals surface area (Å²) in [5.41, 5.74) is -0.172. The molecule has 0 amide bonds. The van der Waals surface area contributed by atoms with Crippen LogP contribution in [0.2, 0.25) is 0 Å². The molecule has 0 aliphatic carbocycles. The Balaban J connectivity index is 2.86. The van der Waals surface area contributed by atoms with E-state index in [4.69, 9.17) is 0 Å². The maximum Gasteiger partial charge on any atom is 0.330 e. The Labute approximate surface area is 106 Å². The first-order valence-electron chi connectivity index (χ1n) is 5.16. The van der Waals surface area contributed by atoms with E-state index in [0.717, 1.165) is 9.04 Å². The highest BCUT2D eigenvalue weighted by Crippen LogP contribution is 2.14. The number of benzene rings is 1. The molecule has 2 N–H and O–H groups in total. The molecule has 0 bridgehead atoms. The molecule has 5 nitrogen and oxygen atoms in total. The number of hydrogen-bond donors (Lipinski definition) is 2. The van der Waals surface area contributed by atoms with Crippen LogP contribution in [0.15, 0.2) is 32.3 Å². The first-order chi connectivity index (χ1) is 8.04. The van der Waals surface area contributed by atoms with Gasteiger partial charge in [-0.2, -0.15) is 0 Å². The molecular formula is C11H12BrN3O2. The van der Waals surface area contributed by atoms with Crippen molar-refractivity contribution in [3.8, 4) is 0 Å². The monoisotopic (exact) mass is 297 g/mol. The van der Waals surface area contributed by atoms with Gasteiger partial charge in [0.05, 0.1) is 17.1 Å². The van der Waals surface area contributed by atoms with Crippen LogP contribution in [-0.4, -0.2) is 16.6 Å². The number of nitrogens with one attached hydrogen (secondary N) is 2. The van der Waals surface area contributed by atoms with Gasteiger partial charge in [0, 0.05) is 4.47 Å². The summed E-state index contributed by atoms with van der Waals surface area (Å²) in [6.45, 7) is 1.75. The smallest absolute Gasteiger partial charge is 0.307 e. The van der Waals surface area contributed by atoms with E-state index < -0.39 is 5.69 Å². The van der Waals surface area contributed by atoms with E-state index in [2.05, 4.69) is 26.2 Å². The lowest BCUT2D eigenvalue weighted by Crippen LogP contribution is -2.41. The fraction of sp³-hybridized carbons (Fsp3) is 0.273. The molecule has 1 atom stereocenters. The number of aromatic nitrogens is 2. The van der Waals surface area contributed by atoms with Crippen LogP contribution < -0.4 is 16.6 Å². The number of H-pyrrole nitrogens is 1. The summed E-state index contributed by atoms with van der Waals surface area (Å²) in [7, 11) is 1.70. The predicted octanol–water partition coefficient (Wildman–Crippen LogP) is 1.19. The van der Waals surface area contributed by atoms with Crippen LogP contribution in [0.1, 0.15) is 13.1 Å². The van der Waals surface area contributed by atoms with E-state index in [9.17, 15) is 9.59 Å². The van der Waals surface area contributed by atoms with Crippen LogP contribution in [0, 0.1) is 0 Å². The van der Waals surface area contributed by atoms with Crippen molar-refractivity contribution in [2.24, 2.45) is 0 Å². The molecule has 90 valence electrons. The van der Waals surface area contributed by atoms with Crippen LogP contribution >= 0.6 is 15.9 Å². The van der Waals surface area contributed by atoms with Gasteiger partial charge in [0.2, 0.25) is 0 Å². The van der Waals surface area contributed by atoms with Crippen LogP contribution in [0.5, 0.6) is 0 Å². The summed E-state index contributed by atoms with van der Waals surface area (Å²) >= 11 is 3.30. The van der Waals surface area contributed by atoms with Crippen molar-refractivity contribution in [1.29, 1.82) is 0 Å². The fourth-order valence-electron chi connectivity index (χ4n) is 1.68. The molecule has 0 aliphatic rings. The van der Waals surface area contributed by atoms with E-state index in [1.54, 1.807) is 32.2 Å². The lowest BCUT2D eigenvalue weighted by molar-refractivity contribution is 0.447. The van der Waals surface area contributed by atoms with Gasteiger partial charge in [-0.3, -0.25) is 4.79 Å². The quantitative estimate of drug-likeness (QED) is 0.875. The van der Waals surface area contributed by atoms with Crippen LogP contribution in [0.3, 0.4) is 0 Å². The SMILES string of the molecule is CNC(C)n1c(=O)[nH]c2cc(Br)ccc2c1=O. The van der Waals surface area contributed by atoms with Crippen molar-refractivity contribution in [2.45, 2.75) is 13.1 Å². The Morgan fingerprint density at radius 2 is 2.12 bits per heavy atom. The minimum Gasteiger partial charge on any atom is -0.307 e. The molecule has 0 spiro atoms. The number of nitrogens with zero attached hydrogens (tertiary/aromatic N) is 1. The van der Waals surface area contributed by atoms with Crippen LogP contribution in [-0.2, 0) is 0 Å². The first-order valence-corrected chi connectivity index (χ1v) is 5.95. The molecule has 1 unspecified atom stereocenters. The Morgan fingerprint density at radius 1 is 1.41 bits per heavy atom. The zero-order valence-electron chi connectivity index (χ0n) is 9.45. The minimum absolute atomic E-state index is 0.293. The van der Waals surface area contributed by atoms with Gasteiger partial charge in [-0.1, -0.05) is 15.9 Å². The van der Waals surface area contributed by atoms with E-state index in [1.807, 2.05) is 0 Å². The van der Waals surface area contributed by atoms with Crippen molar-refractivity contribution in [1.82, 2.24) is 14.9 Å². The maximum absolute atomic E-state index is 12.1. The Hall–Kier alpha value is -1.40. The molecule has 1 aromatic heterocycles. The summed E-state index contributed by atoms with van der Waals surface area (Å²) in [4.78, 5) is 26.7. The van der Waals surface area contributed by atoms with Gasteiger partial charge in [0.15, 0.2) is 0 Å². The second-order valence-electron chi connectivity index (χ2n) is 3.76. The van der Waals surface area contributed by atoms with Gasteiger partial charge in [0.1, 0.15) is 0 Å². The minimum atomic E-state index is -0.414. The van der Waals surface area contributed by atoms with Crippen molar-refractivity contribution in [3.63, 3.8) is 0 Å². The third-order valence-corrected chi connectivity index (χ3v) is 3.19. The van der Waals surface area contributed by atoms with Gasteiger partial charge in [0.25, 0.3) is 5.56 Å². The molecular weight excluding hydrogens is 286 g/mol. The van der Waals surface area contributed by atoms with Gasteiger partial charge < -0.3 is 10.3 Å². The lowest BCUT2D eigenvalue weighted by atomic mass is 10.2. The predicted molar refractivity (Wildman–Crippen MR) is 70.3 cm³/mol. The lowest BCUT2D eigenvalue weighted by Gasteiger charge is -2.13. The molecule has 1 heterocycles. The number of hydrogen-bond acceptors (Lipinski definition) is 3. The van der Waals surface area contributed by atoms with Gasteiger partial charge in [-0.15, -0.1) is 0 Å². The summed E-state index contributed by atoms with van der Waals surface area (Å²) in [5, 5.41) is 3.37. The summed E-state index contributed by atoms with van der Waals surface area (Å²) < 4.78 is 1.98. The standard InChI is InChI=1S/C11H12BrN3O2/c1-6(13-2)15-10(16)8-4-3-7(12)5-9(8)14-11(15)17/h3-6,13H,1-2H3,(H,14,17). The number of halogens is 1. The number of fused-ring (bicyclic) bond motifs is 1. The molecule has 17 heavy (non-hydrogen) atoms. The van der Waals surface area contributed by atoms with E-state index in [-0.39, 0.29) is 11.7 Å². The highest BCUT2D eigenvalue weighted by molar-refractivity contribution is 9.10. The Bertz CT molecular complexity index is 674. The molecule has 0 fully saturated rings. The van der Waals surface area contributed by atoms with Gasteiger partial charge in [-0.05, 0) is 32.2 Å². The van der Waals surface area contributed by atoms with E-state index >= 15 is 0 Å². The fourth-order valence-corrected chi connectivity index (χ4v) is 2.05. The zero-order chi connectivity index (χ0) is 12.6. The molecule has 0 saturated carbocycles. The summed E-state index contributed by atoms with van der Waals surface area (Å²) in [6.07, 6.45) is -0.348. The topological polar surface area (TPSA) is 66.9 Å². The molecule has 0 aliphatic heterocycles. The third kappa shape index (κ3) is 2.05. The normalized spacial score (nSPS) is 12.9. The highest BCUT2D eigenvalue weighted by Gasteiger charge is 2.11. The number of aromatic amines is 1. The molecule has 2 aromatic rings. The molecule has 0 radical (unpaired) electrons. The average molecular weight is 298 g/mol. The Morgan fingerprint density at radius 3 is 2.76 bits per heavy atom. The molecule has 6 heteroatoms. The van der Waals surface area contributed by atoms with E-state index in [1.165, 1.54) is 0 Å². The largest absolute Gasteiger partial charge is 0.330 e. The van der Waals surface area contributed by atoms with Crippen LogP contribution in [0.25, 0.3) is 10.9 Å².